The Hall–Kier alpha value is -1.32. The zero-order valence-corrected chi connectivity index (χ0v) is 10.6. The van der Waals surface area contributed by atoms with Gasteiger partial charge in [0.05, 0.1) is 6.10 Å². The Kier molecular flexibility index (Phi) is 4.73. The molecule has 1 aromatic rings. The Labute approximate surface area is 103 Å². The van der Waals surface area contributed by atoms with Gasteiger partial charge >= 0.3 is 0 Å². The van der Waals surface area contributed by atoms with Crippen molar-refractivity contribution in [1.29, 1.82) is 0 Å². The van der Waals surface area contributed by atoms with Crippen LogP contribution >= 0.6 is 0 Å². The topological polar surface area (TPSA) is 43.7 Å². The molecule has 3 heteroatoms. The summed E-state index contributed by atoms with van der Waals surface area (Å²) in [4.78, 5) is 2.23. The van der Waals surface area contributed by atoms with Gasteiger partial charge in [-0.1, -0.05) is 6.07 Å². The van der Waals surface area contributed by atoms with Crippen LogP contribution in [0.2, 0.25) is 0 Å². The molecule has 1 aromatic carbocycles. The van der Waals surface area contributed by atoms with Gasteiger partial charge in [-0.05, 0) is 37.1 Å². The van der Waals surface area contributed by atoms with Crippen molar-refractivity contribution in [1.82, 2.24) is 4.90 Å². The summed E-state index contributed by atoms with van der Waals surface area (Å²) in [5.74, 6) is 0.228. The molecule has 0 radical (unpaired) electrons. The monoisotopic (exact) mass is 235 g/mol. The normalized spacial score (nSPS) is 19.4. The predicted molar refractivity (Wildman–Crippen MR) is 69.9 cm³/mol. The van der Waals surface area contributed by atoms with E-state index in [0.29, 0.717) is 12.6 Å². The molecule has 0 saturated heterocycles. The van der Waals surface area contributed by atoms with Gasteiger partial charge in [-0.15, -0.1) is 13.2 Å². The van der Waals surface area contributed by atoms with Gasteiger partial charge < -0.3 is 10.2 Å². The largest absolute Gasteiger partial charge is 0.508 e. The van der Waals surface area contributed by atoms with Crippen LogP contribution in [0, 0.1) is 0 Å². The van der Waals surface area contributed by atoms with Crippen LogP contribution in [0.5, 0.6) is 5.75 Å². The van der Waals surface area contributed by atoms with Gasteiger partial charge in [0.2, 0.25) is 0 Å². The zero-order chi connectivity index (χ0) is 13.0. The molecular formula is C14H21NO2. The fourth-order valence-corrected chi connectivity index (χ4v) is 2.03. The summed E-state index contributed by atoms with van der Waals surface area (Å²) in [6, 6.07) is 5.66. The van der Waals surface area contributed by atoms with Crippen LogP contribution in [0.15, 0.2) is 31.4 Å². The Bertz CT molecular complexity index is 376. The Morgan fingerprint density at radius 1 is 1.35 bits per heavy atom. The Morgan fingerprint density at radius 3 is 2.59 bits per heavy atom. The minimum Gasteiger partial charge on any atom is -0.508 e. The number of fused-ring (bicyclic) bond motifs is 1. The molecule has 0 bridgehead atoms. The summed E-state index contributed by atoms with van der Waals surface area (Å²) in [5.41, 5.74) is 1.98. The van der Waals surface area contributed by atoms with E-state index in [1.807, 2.05) is 6.07 Å². The summed E-state index contributed by atoms with van der Waals surface area (Å²) in [6.07, 6.45) is -0.483. The van der Waals surface area contributed by atoms with E-state index in [4.69, 9.17) is 0 Å². The van der Waals surface area contributed by atoms with E-state index in [2.05, 4.69) is 31.9 Å². The number of aromatic hydroxyl groups is 1. The van der Waals surface area contributed by atoms with E-state index in [1.165, 1.54) is 0 Å². The number of hydrogen-bond donors (Lipinski definition) is 2. The van der Waals surface area contributed by atoms with E-state index in [1.54, 1.807) is 12.1 Å². The van der Waals surface area contributed by atoms with Crippen LogP contribution in [0.3, 0.4) is 0 Å². The molecule has 1 aliphatic heterocycles. The lowest BCUT2D eigenvalue weighted by molar-refractivity contribution is 0.0742. The van der Waals surface area contributed by atoms with Gasteiger partial charge in [0.1, 0.15) is 5.75 Å². The molecular weight excluding hydrogens is 214 g/mol. The van der Waals surface area contributed by atoms with Gasteiger partial charge in [-0.2, -0.15) is 0 Å². The highest BCUT2D eigenvalue weighted by atomic mass is 16.3. The first kappa shape index (κ1) is 13.7. The quantitative estimate of drug-likeness (QED) is 0.735. The number of phenols is 1. The lowest BCUT2D eigenvalue weighted by Crippen LogP contribution is -2.38. The highest BCUT2D eigenvalue weighted by Gasteiger charge is 2.25. The minimum atomic E-state index is -0.483. The van der Waals surface area contributed by atoms with E-state index in [0.717, 1.165) is 17.7 Å². The second kappa shape index (κ2) is 5.84. The second-order valence-corrected chi connectivity index (χ2v) is 4.42. The Morgan fingerprint density at radius 2 is 2.00 bits per heavy atom. The average Bonchev–Trinajstić information content (AvgIpc) is 2.32. The lowest BCUT2D eigenvalue weighted by atomic mass is 9.96. The molecule has 94 valence electrons. The van der Waals surface area contributed by atoms with Crippen LogP contribution in [-0.4, -0.2) is 27.7 Å². The van der Waals surface area contributed by atoms with Crippen molar-refractivity contribution in [2.75, 3.05) is 6.54 Å². The molecule has 0 aromatic heterocycles. The highest BCUT2D eigenvalue weighted by molar-refractivity contribution is 5.37. The summed E-state index contributed by atoms with van der Waals surface area (Å²) in [5, 5.41) is 19.3. The smallest absolute Gasteiger partial charge is 0.115 e. The van der Waals surface area contributed by atoms with Gasteiger partial charge in [0.15, 0.2) is 0 Å². The molecule has 1 heterocycles. The molecule has 0 fully saturated rings. The SMILES string of the molecule is C=C.CC(C)N1Cc2ccc(O)cc2C(O)C1. The number of rotatable bonds is 1. The summed E-state index contributed by atoms with van der Waals surface area (Å²) in [7, 11) is 0. The van der Waals surface area contributed by atoms with Crippen molar-refractivity contribution >= 4 is 0 Å². The Balaban J connectivity index is 0.000000686. The number of β-amino-alcohol motifs (C(OH)–C–C–N with tert-alkyl or cyclic N) is 1. The zero-order valence-electron chi connectivity index (χ0n) is 10.6. The molecule has 0 amide bonds. The first-order valence-corrected chi connectivity index (χ1v) is 5.82. The van der Waals surface area contributed by atoms with Crippen molar-refractivity contribution < 1.29 is 10.2 Å². The maximum atomic E-state index is 9.95. The van der Waals surface area contributed by atoms with Crippen LogP contribution in [0.25, 0.3) is 0 Å². The predicted octanol–water partition coefficient (Wildman–Crippen LogP) is 2.45. The van der Waals surface area contributed by atoms with Crippen molar-refractivity contribution in [2.24, 2.45) is 0 Å². The van der Waals surface area contributed by atoms with E-state index in [9.17, 15) is 10.2 Å². The third kappa shape index (κ3) is 3.08. The number of nitrogens with zero attached hydrogens (tertiary/aromatic N) is 1. The third-order valence-electron chi connectivity index (χ3n) is 3.00. The first-order valence-electron chi connectivity index (χ1n) is 5.82. The molecule has 2 N–H and O–H groups in total. The fraction of sp³-hybridized carbons (Fsp3) is 0.429. The molecule has 1 atom stereocenters. The van der Waals surface area contributed by atoms with Gasteiger partial charge in [-0.3, -0.25) is 4.90 Å². The molecule has 17 heavy (non-hydrogen) atoms. The third-order valence-corrected chi connectivity index (χ3v) is 3.00. The van der Waals surface area contributed by atoms with Crippen LogP contribution in [0.1, 0.15) is 31.1 Å². The lowest BCUT2D eigenvalue weighted by Gasteiger charge is -2.34. The van der Waals surface area contributed by atoms with Crippen LogP contribution in [-0.2, 0) is 6.54 Å². The molecule has 0 spiro atoms. The molecule has 2 rings (SSSR count). The maximum Gasteiger partial charge on any atom is 0.115 e. The van der Waals surface area contributed by atoms with Crippen molar-refractivity contribution in [3.05, 3.63) is 42.5 Å². The number of benzene rings is 1. The number of aliphatic hydroxyl groups excluding tert-OH is 1. The molecule has 1 unspecified atom stereocenters. The van der Waals surface area contributed by atoms with Gasteiger partial charge in [0.25, 0.3) is 0 Å². The minimum absolute atomic E-state index is 0.228. The summed E-state index contributed by atoms with van der Waals surface area (Å²) in [6.45, 7) is 11.7. The number of aliphatic hydroxyl groups is 1. The van der Waals surface area contributed by atoms with Crippen molar-refractivity contribution in [3.8, 4) is 5.75 Å². The molecule has 3 nitrogen and oxygen atoms in total. The molecule has 0 saturated carbocycles. The van der Waals surface area contributed by atoms with E-state index in [-0.39, 0.29) is 5.75 Å². The first-order chi connectivity index (χ1) is 8.08. The number of hydrogen-bond acceptors (Lipinski definition) is 3. The van der Waals surface area contributed by atoms with Gasteiger partial charge in [-0.25, -0.2) is 0 Å². The van der Waals surface area contributed by atoms with Crippen molar-refractivity contribution in [2.45, 2.75) is 32.5 Å². The van der Waals surface area contributed by atoms with E-state index < -0.39 is 6.10 Å². The van der Waals surface area contributed by atoms with Crippen LogP contribution in [0.4, 0.5) is 0 Å². The van der Waals surface area contributed by atoms with E-state index >= 15 is 0 Å². The highest BCUT2D eigenvalue weighted by Crippen LogP contribution is 2.30. The molecule has 1 aliphatic rings. The molecule has 0 aliphatic carbocycles. The maximum absolute atomic E-state index is 9.95. The van der Waals surface area contributed by atoms with Crippen molar-refractivity contribution in [3.63, 3.8) is 0 Å². The van der Waals surface area contributed by atoms with Crippen LogP contribution < -0.4 is 0 Å². The van der Waals surface area contributed by atoms with Gasteiger partial charge in [0, 0.05) is 19.1 Å². The fourth-order valence-electron chi connectivity index (χ4n) is 2.03. The average molecular weight is 235 g/mol. The number of phenolic OH excluding ortho intramolecular Hbond substituents is 1. The summed E-state index contributed by atoms with van der Waals surface area (Å²) < 4.78 is 0. The second-order valence-electron chi connectivity index (χ2n) is 4.42. The standard InChI is InChI=1S/C12H17NO2.C2H4/c1-8(2)13-6-9-3-4-10(14)5-11(9)12(15)7-13;1-2/h3-5,8,12,14-15H,6-7H2,1-2H3;1-2H2. The summed E-state index contributed by atoms with van der Waals surface area (Å²) >= 11 is 0.